The van der Waals surface area contributed by atoms with Gasteiger partial charge in [0.05, 0.1) is 6.26 Å². The van der Waals surface area contributed by atoms with Gasteiger partial charge in [-0.3, -0.25) is 0 Å². The van der Waals surface area contributed by atoms with E-state index in [-0.39, 0.29) is 0 Å². The van der Waals surface area contributed by atoms with Crippen molar-refractivity contribution in [2.24, 2.45) is 0 Å². The van der Waals surface area contributed by atoms with E-state index in [1.165, 1.54) is 0 Å². The molecule has 0 aromatic rings. The summed E-state index contributed by atoms with van der Waals surface area (Å²) in [4.78, 5) is 19.8. The molecule has 0 saturated heterocycles. The molecule has 0 radical (unpaired) electrons. The van der Waals surface area contributed by atoms with E-state index in [1.807, 2.05) is 0 Å². The van der Waals surface area contributed by atoms with Crippen molar-refractivity contribution in [3.8, 4) is 0 Å². The Hall–Kier alpha value is -1.58. The molecule has 0 aromatic heterocycles. The number of esters is 2. The summed E-state index contributed by atoms with van der Waals surface area (Å²) in [5.41, 5.74) is 0. The first-order chi connectivity index (χ1) is 4.70. The predicted octanol–water partition coefficient (Wildman–Crippen LogP) is 0.314. The number of carbonyl (C=O) groups is 2. The minimum absolute atomic E-state index is 0.579. The van der Waals surface area contributed by atoms with Crippen molar-refractivity contribution < 1.29 is 19.4 Å². The minimum Gasteiger partial charge on any atom is -0.516 e. The van der Waals surface area contributed by atoms with Gasteiger partial charge < -0.3 is 9.84 Å². The van der Waals surface area contributed by atoms with E-state index < -0.39 is 11.9 Å². The lowest BCUT2D eigenvalue weighted by atomic mass is 10.6. The van der Waals surface area contributed by atoms with E-state index in [2.05, 4.69) is 11.3 Å². The van der Waals surface area contributed by atoms with Crippen LogP contribution in [0.15, 0.2) is 25.0 Å². The van der Waals surface area contributed by atoms with E-state index in [1.54, 1.807) is 0 Å². The Morgan fingerprint density at radius 3 is 1.80 bits per heavy atom. The second-order valence-corrected chi connectivity index (χ2v) is 1.26. The molecule has 0 aromatic carbocycles. The van der Waals surface area contributed by atoms with E-state index in [4.69, 9.17) is 5.11 Å². The van der Waals surface area contributed by atoms with Crippen LogP contribution in [0.1, 0.15) is 0 Å². The first-order valence-electron chi connectivity index (χ1n) is 2.39. The molecule has 0 spiro atoms. The summed E-state index contributed by atoms with van der Waals surface area (Å²) >= 11 is 0. The molecule has 1 aliphatic rings. The smallest absolute Gasteiger partial charge is 0.338 e. The maximum atomic E-state index is 9.92. The molecule has 0 atom stereocenters. The molecule has 0 bridgehead atoms. The molecule has 1 heterocycles. The van der Waals surface area contributed by atoms with E-state index in [0.29, 0.717) is 0 Å². The van der Waals surface area contributed by atoms with Crippen LogP contribution in [-0.2, 0) is 14.3 Å². The van der Waals surface area contributed by atoms with Crippen molar-refractivity contribution in [1.82, 2.24) is 0 Å². The Morgan fingerprint density at radius 1 is 1.40 bits per heavy atom. The summed E-state index contributed by atoms with van der Waals surface area (Å²) in [5, 5.41) is 7.33. The van der Waals surface area contributed by atoms with Crippen molar-refractivity contribution in [3.63, 3.8) is 0 Å². The van der Waals surface area contributed by atoms with Crippen LogP contribution >= 0.6 is 0 Å². The number of hydrogen-bond acceptors (Lipinski definition) is 4. The van der Waals surface area contributed by atoms with Crippen LogP contribution in [0.2, 0.25) is 0 Å². The molecule has 1 N–H and O–H groups in total. The standard InChI is InChI=1S/C4H2O3.C2H4O/c5-3-1-2-4(6)7-3;1-2-3/h1-2H;2-3H,1H2. The van der Waals surface area contributed by atoms with Gasteiger partial charge in [-0.15, -0.1) is 0 Å². The highest BCUT2D eigenvalue weighted by Crippen LogP contribution is 1.92. The predicted molar refractivity (Wildman–Crippen MR) is 33.1 cm³/mol. The minimum atomic E-state index is -0.579. The molecule has 54 valence electrons. The van der Waals surface area contributed by atoms with E-state index in [0.717, 1.165) is 18.4 Å². The number of hydrogen-bond donors (Lipinski definition) is 1. The lowest BCUT2D eigenvalue weighted by molar-refractivity contribution is -0.150. The third-order valence-corrected chi connectivity index (χ3v) is 0.557. The Labute approximate surface area is 57.4 Å². The Balaban J connectivity index is 0.000000236. The quantitative estimate of drug-likeness (QED) is 0.300. The fourth-order valence-electron chi connectivity index (χ4n) is 0.303. The molecule has 10 heavy (non-hydrogen) atoms. The van der Waals surface area contributed by atoms with Crippen LogP contribution in [0.4, 0.5) is 0 Å². The number of ether oxygens (including phenoxy) is 1. The first-order valence-corrected chi connectivity index (χ1v) is 2.39. The molecule has 0 fully saturated rings. The topological polar surface area (TPSA) is 63.6 Å². The molecule has 4 heteroatoms. The van der Waals surface area contributed by atoms with Crippen molar-refractivity contribution in [3.05, 3.63) is 25.0 Å². The van der Waals surface area contributed by atoms with Crippen molar-refractivity contribution in [1.29, 1.82) is 0 Å². The maximum Gasteiger partial charge on any atom is 0.338 e. The van der Waals surface area contributed by atoms with Crippen molar-refractivity contribution in [2.75, 3.05) is 0 Å². The largest absolute Gasteiger partial charge is 0.516 e. The van der Waals surface area contributed by atoms with Gasteiger partial charge >= 0.3 is 11.9 Å². The van der Waals surface area contributed by atoms with Crippen LogP contribution in [0.25, 0.3) is 0 Å². The molecular formula is C6H6O4. The second-order valence-electron chi connectivity index (χ2n) is 1.26. The van der Waals surface area contributed by atoms with Crippen LogP contribution in [-0.4, -0.2) is 17.0 Å². The fourth-order valence-corrected chi connectivity index (χ4v) is 0.303. The van der Waals surface area contributed by atoms with Crippen molar-refractivity contribution in [2.45, 2.75) is 0 Å². The SMILES string of the molecule is C=CO.O=C1C=CC(=O)O1. The third kappa shape index (κ3) is 3.43. The summed E-state index contributed by atoms with van der Waals surface area (Å²) in [6, 6.07) is 0. The van der Waals surface area contributed by atoms with Crippen LogP contribution in [0.3, 0.4) is 0 Å². The summed E-state index contributed by atoms with van der Waals surface area (Å²) in [6.07, 6.45) is 2.92. The van der Waals surface area contributed by atoms with Gasteiger partial charge in [0, 0.05) is 12.2 Å². The van der Waals surface area contributed by atoms with E-state index >= 15 is 0 Å². The molecule has 0 unspecified atom stereocenters. The van der Waals surface area contributed by atoms with Crippen molar-refractivity contribution >= 4 is 11.9 Å². The number of cyclic esters (lactones) is 2. The molecule has 0 saturated carbocycles. The average Bonchev–Trinajstić information content (AvgIpc) is 2.17. The van der Waals surface area contributed by atoms with Gasteiger partial charge in [-0.1, -0.05) is 6.58 Å². The summed E-state index contributed by atoms with van der Waals surface area (Å²) in [5.74, 6) is -1.16. The second kappa shape index (κ2) is 4.31. The third-order valence-electron chi connectivity index (χ3n) is 0.557. The molecule has 4 nitrogen and oxygen atoms in total. The number of aliphatic hydroxyl groups excluding tert-OH is 1. The number of aliphatic hydroxyl groups is 1. The Kier molecular flexibility index (Phi) is 3.63. The highest BCUT2D eigenvalue weighted by Gasteiger charge is 2.10. The lowest BCUT2D eigenvalue weighted by Gasteiger charge is -1.80. The normalized spacial score (nSPS) is 13.6. The first kappa shape index (κ1) is 8.42. The van der Waals surface area contributed by atoms with Gasteiger partial charge in [-0.05, 0) is 0 Å². The highest BCUT2D eigenvalue weighted by molar-refractivity contribution is 6.04. The average molecular weight is 142 g/mol. The molecule has 1 aliphatic heterocycles. The van der Waals surface area contributed by atoms with Gasteiger partial charge in [0.1, 0.15) is 0 Å². The molecular weight excluding hydrogens is 136 g/mol. The van der Waals surface area contributed by atoms with Crippen LogP contribution in [0.5, 0.6) is 0 Å². The van der Waals surface area contributed by atoms with Crippen LogP contribution in [0, 0.1) is 0 Å². The molecule has 0 amide bonds. The van der Waals surface area contributed by atoms with Gasteiger partial charge in [0.2, 0.25) is 0 Å². The monoisotopic (exact) mass is 142 g/mol. The van der Waals surface area contributed by atoms with E-state index in [9.17, 15) is 9.59 Å². The zero-order valence-electron chi connectivity index (χ0n) is 5.11. The summed E-state index contributed by atoms with van der Waals surface area (Å²) in [6.45, 7) is 2.92. The van der Waals surface area contributed by atoms with Gasteiger partial charge in [0.15, 0.2) is 0 Å². The zero-order valence-corrected chi connectivity index (χ0v) is 5.11. The van der Waals surface area contributed by atoms with Gasteiger partial charge in [0.25, 0.3) is 0 Å². The summed E-state index contributed by atoms with van der Waals surface area (Å²) < 4.78 is 3.97. The fraction of sp³-hybridized carbons (Fsp3) is 0. The molecule has 0 aliphatic carbocycles. The molecule has 1 rings (SSSR count). The number of carbonyl (C=O) groups excluding carboxylic acids is 2. The number of rotatable bonds is 0. The maximum absolute atomic E-state index is 9.92. The highest BCUT2D eigenvalue weighted by atomic mass is 16.6. The van der Waals surface area contributed by atoms with Gasteiger partial charge in [-0.2, -0.15) is 0 Å². The Morgan fingerprint density at radius 2 is 1.70 bits per heavy atom. The van der Waals surface area contributed by atoms with Crippen LogP contribution < -0.4 is 0 Å². The summed E-state index contributed by atoms with van der Waals surface area (Å²) in [7, 11) is 0. The van der Waals surface area contributed by atoms with Gasteiger partial charge in [-0.25, -0.2) is 9.59 Å². The Bertz CT molecular complexity index is 164. The zero-order chi connectivity index (χ0) is 7.98. The lowest BCUT2D eigenvalue weighted by Crippen LogP contribution is -1.96.